The first-order valence-electron chi connectivity index (χ1n) is 7.57. The van der Waals surface area contributed by atoms with Crippen molar-refractivity contribution in [2.24, 2.45) is 5.92 Å². The van der Waals surface area contributed by atoms with Gasteiger partial charge in [0.05, 0.1) is 5.92 Å². The molecular formula is C14H25N3O3. The minimum absolute atomic E-state index is 0.103. The Morgan fingerprint density at radius 3 is 2.60 bits per heavy atom. The van der Waals surface area contributed by atoms with Crippen LogP contribution >= 0.6 is 0 Å². The largest absolute Gasteiger partial charge is 0.481 e. The van der Waals surface area contributed by atoms with Crippen LogP contribution in [0.5, 0.6) is 0 Å². The fourth-order valence-corrected chi connectivity index (χ4v) is 3.06. The van der Waals surface area contributed by atoms with Crippen molar-refractivity contribution in [3.05, 3.63) is 0 Å². The van der Waals surface area contributed by atoms with Gasteiger partial charge in [0.15, 0.2) is 0 Å². The molecule has 0 aromatic heterocycles. The normalized spacial score (nSPS) is 25.4. The van der Waals surface area contributed by atoms with E-state index in [0.717, 1.165) is 26.1 Å². The zero-order valence-corrected chi connectivity index (χ0v) is 12.2. The van der Waals surface area contributed by atoms with Crippen molar-refractivity contribution in [3.8, 4) is 0 Å². The molecule has 2 saturated heterocycles. The number of carbonyl (C=O) groups excluding carboxylic acids is 1. The molecular weight excluding hydrogens is 258 g/mol. The van der Waals surface area contributed by atoms with Crippen LogP contribution in [0.1, 0.15) is 32.6 Å². The number of aliphatic carboxylic acids is 1. The number of rotatable bonds is 4. The first-order valence-corrected chi connectivity index (χ1v) is 7.57. The summed E-state index contributed by atoms with van der Waals surface area (Å²) in [6.07, 6.45) is 3.92. The minimum atomic E-state index is -0.799. The van der Waals surface area contributed by atoms with Gasteiger partial charge in [-0.3, -0.25) is 4.79 Å². The molecule has 2 atom stereocenters. The van der Waals surface area contributed by atoms with Gasteiger partial charge in [-0.05, 0) is 45.7 Å². The summed E-state index contributed by atoms with van der Waals surface area (Å²) in [6.45, 7) is 6.11. The molecule has 0 radical (unpaired) electrons. The molecule has 114 valence electrons. The number of nitrogens with one attached hydrogen (secondary N) is 1. The molecule has 0 aromatic carbocycles. The Balaban J connectivity index is 1.76. The van der Waals surface area contributed by atoms with Gasteiger partial charge in [-0.2, -0.15) is 0 Å². The number of carboxylic acids is 1. The third-order valence-electron chi connectivity index (χ3n) is 4.16. The van der Waals surface area contributed by atoms with Gasteiger partial charge in [-0.15, -0.1) is 0 Å². The quantitative estimate of drug-likeness (QED) is 0.806. The zero-order chi connectivity index (χ0) is 14.5. The van der Waals surface area contributed by atoms with Crippen LogP contribution in [0, 0.1) is 5.92 Å². The predicted molar refractivity (Wildman–Crippen MR) is 75.6 cm³/mol. The van der Waals surface area contributed by atoms with Crippen molar-refractivity contribution < 1.29 is 14.7 Å². The first-order chi connectivity index (χ1) is 9.56. The number of nitrogens with zero attached hydrogens (tertiary/aromatic N) is 2. The predicted octanol–water partition coefficient (Wildman–Crippen LogP) is 0.977. The van der Waals surface area contributed by atoms with E-state index in [2.05, 4.69) is 10.2 Å². The standard InChI is InChI=1S/C14H25N3O3/c1-11(9-16-6-2-3-7-16)15-14(20)17-8-4-5-12(10-17)13(18)19/h11-12H,2-10H2,1H3,(H,15,20)(H,18,19)/t11?,12-/m0/s1. The molecule has 2 fully saturated rings. The summed E-state index contributed by atoms with van der Waals surface area (Å²) in [4.78, 5) is 27.2. The van der Waals surface area contributed by atoms with Gasteiger partial charge in [0.2, 0.25) is 0 Å². The summed E-state index contributed by atoms with van der Waals surface area (Å²) >= 11 is 0. The van der Waals surface area contributed by atoms with Gasteiger partial charge in [-0.1, -0.05) is 0 Å². The van der Waals surface area contributed by atoms with Crippen molar-refractivity contribution in [2.75, 3.05) is 32.7 Å². The summed E-state index contributed by atoms with van der Waals surface area (Å²) < 4.78 is 0. The van der Waals surface area contributed by atoms with Crippen molar-refractivity contribution in [1.82, 2.24) is 15.1 Å². The SMILES string of the molecule is CC(CN1CCCC1)NC(=O)N1CCC[C@H](C(=O)O)C1. The number of likely N-dealkylation sites (tertiary alicyclic amines) is 2. The lowest BCUT2D eigenvalue weighted by atomic mass is 9.99. The Kier molecular flexibility index (Phi) is 5.23. The molecule has 2 amide bonds. The maximum atomic E-state index is 12.2. The highest BCUT2D eigenvalue weighted by molar-refractivity contribution is 5.76. The van der Waals surface area contributed by atoms with Crippen LogP contribution in [0.25, 0.3) is 0 Å². The van der Waals surface area contributed by atoms with Gasteiger partial charge in [0.1, 0.15) is 0 Å². The summed E-state index contributed by atoms with van der Waals surface area (Å²) in [6, 6.07) is -0.0200. The molecule has 0 bridgehead atoms. The maximum Gasteiger partial charge on any atom is 0.317 e. The van der Waals surface area contributed by atoms with E-state index in [1.807, 2.05) is 6.92 Å². The smallest absolute Gasteiger partial charge is 0.317 e. The molecule has 2 heterocycles. The molecule has 6 nitrogen and oxygen atoms in total. The Morgan fingerprint density at radius 2 is 1.95 bits per heavy atom. The third kappa shape index (κ3) is 4.10. The van der Waals surface area contributed by atoms with Gasteiger partial charge in [0.25, 0.3) is 0 Å². The van der Waals surface area contributed by atoms with Gasteiger partial charge >= 0.3 is 12.0 Å². The lowest BCUT2D eigenvalue weighted by Crippen LogP contribution is -2.51. The van der Waals surface area contributed by atoms with Crippen LogP contribution in [0.4, 0.5) is 4.79 Å². The van der Waals surface area contributed by atoms with E-state index >= 15 is 0 Å². The van der Waals surface area contributed by atoms with E-state index in [-0.39, 0.29) is 12.1 Å². The van der Waals surface area contributed by atoms with E-state index < -0.39 is 11.9 Å². The van der Waals surface area contributed by atoms with Crippen molar-refractivity contribution in [3.63, 3.8) is 0 Å². The van der Waals surface area contributed by atoms with Gasteiger partial charge in [-0.25, -0.2) is 4.79 Å². The Hall–Kier alpha value is -1.30. The number of amides is 2. The highest BCUT2D eigenvalue weighted by atomic mass is 16.4. The number of hydrogen-bond donors (Lipinski definition) is 2. The molecule has 2 aliphatic heterocycles. The number of piperidine rings is 1. The average Bonchev–Trinajstić information content (AvgIpc) is 2.91. The first kappa shape index (κ1) is 15.1. The summed E-state index contributed by atoms with van der Waals surface area (Å²) in [5.41, 5.74) is 0. The van der Waals surface area contributed by atoms with Crippen LogP contribution in [0.15, 0.2) is 0 Å². The molecule has 2 aliphatic rings. The Bertz CT molecular complexity index is 356. The zero-order valence-electron chi connectivity index (χ0n) is 12.2. The lowest BCUT2D eigenvalue weighted by molar-refractivity contribution is -0.143. The molecule has 0 saturated carbocycles. The van der Waals surface area contributed by atoms with Crippen LogP contribution in [0.3, 0.4) is 0 Å². The van der Waals surface area contributed by atoms with Crippen molar-refractivity contribution in [2.45, 2.75) is 38.6 Å². The molecule has 6 heteroatoms. The maximum absolute atomic E-state index is 12.2. The van der Waals surface area contributed by atoms with Crippen LogP contribution in [0.2, 0.25) is 0 Å². The van der Waals surface area contributed by atoms with Gasteiger partial charge in [0, 0.05) is 25.7 Å². The highest BCUT2D eigenvalue weighted by Gasteiger charge is 2.28. The van der Waals surface area contributed by atoms with E-state index in [0.29, 0.717) is 19.5 Å². The summed E-state index contributed by atoms with van der Waals surface area (Å²) in [7, 11) is 0. The van der Waals surface area contributed by atoms with Crippen LogP contribution in [-0.2, 0) is 4.79 Å². The average molecular weight is 283 g/mol. The van der Waals surface area contributed by atoms with E-state index in [1.165, 1.54) is 12.8 Å². The van der Waals surface area contributed by atoms with Crippen molar-refractivity contribution >= 4 is 12.0 Å². The summed E-state index contributed by atoms with van der Waals surface area (Å²) in [5, 5.41) is 12.0. The summed E-state index contributed by atoms with van der Waals surface area (Å²) in [5.74, 6) is -1.21. The molecule has 1 unspecified atom stereocenters. The van der Waals surface area contributed by atoms with Crippen LogP contribution < -0.4 is 5.32 Å². The second kappa shape index (κ2) is 6.92. The molecule has 0 aromatic rings. The molecule has 2 N–H and O–H groups in total. The van der Waals surface area contributed by atoms with E-state index in [4.69, 9.17) is 5.11 Å². The van der Waals surface area contributed by atoms with Crippen molar-refractivity contribution in [1.29, 1.82) is 0 Å². The molecule has 2 rings (SSSR count). The lowest BCUT2D eigenvalue weighted by Gasteiger charge is -2.32. The van der Waals surface area contributed by atoms with Gasteiger partial charge < -0.3 is 20.2 Å². The number of carbonyl (C=O) groups is 2. The number of urea groups is 1. The number of carboxylic acid groups (broad SMARTS) is 1. The fraction of sp³-hybridized carbons (Fsp3) is 0.857. The second-order valence-electron chi connectivity index (χ2n) is 5.98. The highest BCUT2D eigenvalue weighted by Crippen LogP contribution is 2.16. The molecule has 0 spiro atoms. The Morgan fingerprint density at radius 1 is 1.25 bits per heavy atom. The van der Waals surface area contributed by atoms with E-state index in [9.17, 15) is 9.59 Å². The Labute approximate surface area is 120 Å². The topological polar surface area (TPSA) is 72.9 Å². The third-order valence-corrected chi connectivity index (χ3v) is 4.16. The van der Waals surface area contributed by atoms with Crippen LogP contribution in [-0.4, -0.2) is 65.7 Å². The molecule has 20 heavy (non-hydrogen) atoms. The molecule has 0 aliphatic carbocycles. The fourth-order valence-electron chi connectivity index (χ4n) is 3.06. The monoisotopic (exact) mass is 283 g/mol. The number of hydrogen-bond acceptors (Lipinski definition) is 3. The second-order valence-corrected chi connectivity index (χ2v) is 5.98. The van der Waals surface area contributed by atoms with E-state index in [1.54, 1.807) is 4.90 Å². The minimum Gasteiger partial charge on any atom is -0.481 e.